The van der Waals surface area contributed by atoms with Gasteiger partial charge in [-0.15, -0.1) is 0 Å². The number of ether oxygens (including phenoxy) is 1. The van der Waals surface area contributed by atoms with E-state index in [4.69, 9.17) is 4.74 Å². The van der Waals surface area contributed by atoms with Crippen molar-refractivity contribution in [2.24, 2.45) is 19.2 Å². The van der Waals surface area contributed by atoms with Gasteiger partial charge in [0.25, 0.3) is 11.8 Å². The zero-order chi connectivity index (χ0) is 22.5. The Hall–Kier alpha value is -3.88. The molecule has 1 aromatic heterocycles. The molecule has 0 saturated carbocycles. The van der Waals surface area contributed by atoms with Gasteiger partial charge in [-0.25, -0.2) is 10.2 Å². The molecule has 0 aliphatic rings. The molecule has 0 spiro atoms. The first-order chi connectivity index (χ1) is 14.8. The summed E-state index contributed by atoms with van der Waals surface area (Å²) < 4.78 is 8.58. The fourth-order valence-electron chi connectivity index (χ4n) is 3.08. The van der Waals surface area contributed by atoms with Gasteiger partial charge >= 0.3 is 5.69 Å². The number of carbonyl (C=O) groups excluding carboxylic acids is 2. The molecule has 3 rings (SSSR count). The molecule has 31 heavy (non-hydrogen) atoms. The van der Waals surface area contributed by atoms with Crippen molar-refractivity contribution in [3.63, 3.8) is 0 Å². The van der Waals surface area contributed by atoms with Crippen LogP contribution in [0.25, 0.3) is 11.0 Å². The lowest BCUT2D eigenvalue weighted by Gasteiger charge is -2.13. The van der Waals surface area contributed by atoms with Crippen LogP contribution in [0.5, 0.6) is 5.75 Å². The van der Waals surface area contributed by atoms with E-state index in [1.807, 2.05) is 31.2 Å². The number of imidazole rings is 1. The maximum Gasteiger partial charge on any atom is 0.328 e. The van der Waals surface area contributed by atoms with E-state index in [1.165, 1.54) is 6.21 Å². The van der Waals surface area contributed by atoms with E-state index in [0.717, 1.165) is 22.2 Å². The number of nitrogens with zero attached hydrogens (tertiary/aromatic N) is 3. The minimum atomic E-state index is -0.789. The number of rotatable bonds is 7. The van der Waals surface area contributed by atoms with Crippen LogP contribution in [0.2, 0.25) is 0 Å². The minimum Gasteiger partial charge on any atom is -0.484 e. The first kappa shape index (κ1) is 21.8. The van der Waals surface area contributed by atoms with E-state index >= 15 is 0 Å². The van der Waals surface area contributed by atoms with Crippen LogP contribution < -0.4 is 21.2 Å². The van der Waals surface area contributed by atoms with Crippen LogP contribution in [0, 0.1) is 6.92 Å². The fraction of sp³-hybridized carbons (Fsp3) is 0.273. The Morgan fingerprint density at radius 2 is 1.84 bits per heavy atom. The number of nitrogens with one attached hydrogen (secondary N) is 2. The van der Waals surface area contributed by atoms with Crippen molar-refractivity contribution < 1.29 is 14.3 Å². The molecule has 162 valence electrons. The zero-order valence-corrected chi connectivity index (χ0v) is 17.9. The van der Waals surface area contributed by atoms with Gasteiger partial charge in [-0.3, -0.25) is 18.7 Å². The smallest absolute Gasteiger partial charge is 0.328 e. The Bertz CT molecular complexity index is 1210. The molecule has 0 aliphatic heterocycles. The lowest BCUT2D eigenvalue weighted by Crippen LogP contribution is -2.45. The predicted molar refractivity (Wildman–Crippen MR) is 118 cm³/mol. The average Bonchev–Trinajstić information content (AvgIpc) is 2.96. The van der Waals surface area contributed by atoms with Gasteiger partial charge in [-0.05, 0) is 43.2 Å². The number of hydrogen-bond donors (Lipinski definition) is 2. The quantitative estimate of drug-likeness (QED) is 0.440. The summed E-state index contributed by atoms with van der Waals surface area (Å²) in [5.41, 5.74) is 5.49. The Kier molecular flexibility index (Phi) is 6.54. The number of hydrazone groups is 1. The highest BCUT2D eigenvalue weighted by Crippen LogP contribution is 2.15. The maximum absolute atomic E-state index is 12.2. The van der Waals surface area contributed by atoms with E-state index in [0.29, 0.717) is 5.75 Å². The van der Waals surface area contributed by atoms with Gasteiger partial charge in [-0.2, -0.15) is 5.10 Å². The van der Waals surface area contributed by atoms with Crippen LogP contribution in [0.1, 0.15) is 18.1 Å². The number of aromatic nitrogens is 2. The molecular weight excluding hydrogens is 398 g/mol. The molecule has 1 atom stereocenters. The van der Waals surface area contributed by atoms with Crippen molar-refractivity contribution in [3.8, 4) is 5.75 Å². The molecular formula is C22H25N5O4. The second-order valence-corrected chi connectivity index (χ2v) is 7.23. The molecule has 2 aromatic carbocycles. The molecule has 0 radical (unpaired) electrons. The molecule has 0 saturated heterocycles. The number of hydrogen-bond acceptors (Lipinski definition) is 5. The number of carbonyl (C=O) groups is 2. The fourth-order valence-corrected chi connectivity index (χ4v) is 3.08. The summed E-state index contributed by atoms with van der Waals surface area (Å²) in [6, 6.07) is 12.0. The average molecular weight is 423 g/mol. The second-order valence-electron chi connectivity index (χ2n) is 7.23. The Morgan fingerprint density at radius 3 is 2.58 bits per heavy atom. The first-order valence-corrected chi connectivity index (χ1v) is 9.74. The third kappa shape index (κ3) is 5.00. The molecule has 2 N–H and O–H groups in total. The summed E-state index contributed by atoms with van der Waals surface area (Å²) in [4.78, 5) is 36.2. The largest absolute Gasteiger partial charge is 0.484 e. The Morgan fingerprint density at radius 1 is 1.13 bits per heavy atom. The van der Waals surface area contributed by atoms with Crippen LogP contribution >= 0.6 is 0 Å². The van der Waals surface area contributed by atoms with Crippen molar-refractivity contribution in [2.45, 2.75) is 19.9 Å². The van der Waals surface area contributed by atoms with Crippen molar-refractivity contribution in [1.82, 2.24) is 19.9 Å². The van der Waals surface area contributed by atoms with Gasteiger partial charge in [0.05, 0.1) is 17.2 Å². The molecule has 0 unspecified atom stereocenters. The summed E-state index contributed by atoms with van der Waals surface area (Å²) in [5.74, 6) is -0.258. The highest BCUT2D eigenvalue weighted by atomic mass is 16.5. The summed E-state index contributed by atoms with van der Waals surface area (Å²) in [6.07, 6.45) is 1.48. The molecule has 0 bridgehead atoms. The van der Waals surface area contributed by atoms with Gasteiger partial charge in [0.2, 0.25) is 0 Å². The molecule has 9 heteroatoms. The van der Waals surface area contributed by atoms with Gasteiger partial charge in [0.15, 0.2) is 6.61 Å². The van der Waals surface area contributed by atoms with E-state index in [9.17, 15) is 14.4 Å². The normalized spacial score (nSPS) is 12.1. The van der Waals surface area contributed by atoms with Crippen LogP contribution in [0.3, 0.4) is 0 Å². The monoisotopic (exact) mass is 423 g/mol. The standard InChI is InChI=1S/C22H25N5O4/c1-14-7-5-6-8-19(14)31-13-20(28)24-15(2)21(29)25-23-12-16-9-10-17-18(11-16)27(4)22(30)26(17)3/h5-12,15H,13H2,1-4H3,(H,24,28)(H,25,29)/b23-12+/t15-/m0/s1. The highest BCUT2D eigenvalue weighted by molar-refractivity contribution is 5.90. The molecule has 0 fully saturated rings. The van der Waals surface area contributed by atoms with E-state index in [-0.39, 0.29) is 12.3 Å². The van der Waals surface area contributed by atoms with Crippen molar-refractivity contribution >= 4 is 29.1 Å². The molecule has 0 aliphatic carbocycles. The summed E-state index contributed by atoms with van der Waals surface area (Å²) in [5, 5.41) is 6.51. The lowest BCUT2D eigenvalue weighted by molar-refractivity contribution is -0.129. The Labute approximate surface area is 179 Å². The highest BCUT2D eigenvalue weighted by Gasteiger charge is 2.15. The minimum absolute atomic E-state index is 0.117. The third-order valence-electron chi connectivity index (χ3n) is 4.91. The van der Waals surface area contributed by atoms with Crippen LogP contribution in [-0.4, -0.2) is 39.8 Å². The number of aryl methyl sites for hydroxylation is 3. The Balaban J connectivity index is 1.52. The topological polar surface area (TPSA) is 107 Å². The second kappa shape index (κ2) is 9.29. The summed E-state index contributed by atoms with van der Waals surface area (Å²) in [7, 11) is 3.40. The molecule has 9 nitrogen and oxygen atoms in total. The van der Waals surface area contributed by atoms with Crippen LogP contribution in [0.4, 0.5) is 0 Å². The molecule has 3 aromatic rings. The SMILES string of the molecule is Cc1ccccc1OCC(=O)N[C@@H](C)C(=O)N/N=C/c1ccc2c(c1)n(C)c(=O)n2C. The van der Waals surface area contributed by atoms with Gasteiger partial charge in [-0.1, -0.05) is 24.3 Å². The number of para-hydroxylation sites is 1. The number of benzene rings is 2. The zero-order valence-electron chi connectivity index (χ0n) is 17.9. The maximum atomic E-state index is 12.2. The predicted octanol–water partition coefficient (Wildman–Crippen LogP) is 1.22. The molecule has 2 amide bonds. The van der Waals surface area contributed by atoms with Crippen molar-refractivity contribution in [2.75, 3.05) is 6.61 Å². The number of amides is 2. The summed E-state index contributed by atoms with van der Waals surface area (Å²) >= 11 is 0. The van der Waals surface area contributed by atoms with Crippen LogP contribution in [0.15, 0.2) is 52.4 Å². The lowest BCUT2D eigenvalue weighted by atomic mass is 10.2. The summed E-state index contributed by atoms with van der Waals surface area (Å²) in [6.45, 7) is 3.25. The van der Waals surface area contributed by atoms with E-state index in [2.05, 4.69) is 15.8 Å². The first-order valence-electron chi connectivity index (χ1n) is 9.74. The third-order valence-corrected chi connectivity index (χ3v) is 4.91. The van der Waals surface area contributed by atoms with E-state index in [1.54, 1.807) is 48.4 Å². The van der Waals surface area contributed by atoms with Gasteiger partial charge in [0.1, 0.15) is 11.8 Å². The van der Waals surface area contributed by atoms with Gasteiger partial charge in [0, 0.05) is 14.1 Å². The van der Waals surface area contributed by atoms with Crippen molar-refractivity contribution in [3.05, 3.63) is 64.1 Å². The van der Waals surface area contributed by atoms with E-state index < -0.39 is 17.9 Å². The van der Waals surface area contributed by atoms with Crippen molar-refractivity contribution in [1.29, 1.82) is 0 Å². The number of fused-ring (bicyclic) bond motifs is 1. The van der Waals surface area contributed by atoms with Gasteiger partial charge < -0.3 is 10.1 Å². The molecule has 1 heterocycles. The van der Waals surface area contributed by atoms with Crippen LogP contribution in [-0.2, 0) is 23.7 Å².